The van der Waals surface area contributed by atoms with Gasteiger partial charge in [0.05, 0.1) is 5.92 Å². The van der Waals surface area contributed by atoms with Crippen LogP contribution < -0.4 is 5.32 Å². The van der Waals surface area contributed by atoms with Gasteiger partial charge >= 0.3 is 0 Å². The minimum atomic E-state index is -0.0749. The molecule has 0 aliphatic heterocycles. The molecule has 3 unspecified atom stereocenters. The number of nitrogens with zero attached hydrogens (tertiary/aromatic N) is 2. The second-order valence-electron chi connectivity index (χ2n) is 4.26. The third-order valence-electron chi connectivity index (χ3n) is 3.07. The molecule has 0 aliphatic carbocycles. The van der Waals surface area contributed by atoms with Crippen LogP contribution in [0.2, 0.25) is 0 Å². The molecule has 0 saturated carbocycles. The van der Waals surface area contributed by atoms with E-state index >= 15 is 0 Å². The fourth-order valence-electron chi connectivity index (χ4n) is 1.73. The summed E-state index contributed by atoms with van der Waals surface area (Å²) in [5.41, 5.74) is 0. The first kappa shape index (κ1) is 14.1. The number of ether oxygens (including phenoxy) is 1. The van der Waals surface area contributed by atoms with Crippen LogP contribution >= 0.6 is 0 Å². The van der Waals surface area contributed by atoms with E-state index in [0.29, 0.717) is 17.8 Å². The van der Waals surface area contributed by atoms with E-state index < -0.39 is 0 Å². The van der Waals surface area contributed by atoms with E-state index in [2.05, 4.69) is 36.2 Å². The second-order valence-corrected chi connectivity index (χ2v) is 4.26. The first-order chi connectivity index (χ1) is 8.13. The molecule has 0 radical (unpaired) electrons. The molecule has 0 bridgehead atoms. The SMILES string of the molecule is CCNC(C)C(C)c1nc(C(CC)OC)no1. The molecule has 0 fully saturated rings. The van der Waals surface area contributed by atoms with Gasteiger partial charge in [-0.05, 0) is 19.9 Å². The van der Waals surface area contributed by atoms with Crippen molar-refractivity contribution in [3.8, 4) is 0 Å². The molecule has 5 nitrogen and oxygen atoms in total. The van der Waals surface area contributed by atoms with Gasteiger partial charge in [0.25, 0.3) is 0 Å². The van der Waals surface area contributed by atoms with Crippen molar-refractivity contribution in [1.29, 1.82) is 0 Å². The number of rotatable bonds is 7. The lowest BCUT2D eigenvalue weighted by Crippen LogP contribution is -2.30. The fraction of sp³-hybridized carbons (Fsp3) is 0.833. The lowest BCUT2D eigenvalue weighted by atomic mass is 10.0. The molecule has 17 heavy (non-hydrogen) atoms. The molecule has 1 aromatic heterocycles. The Morgan fingerprint density at radius 2 is 2.06 bits per heavy atom. The summed E-state index contributed by atoms with van der Waals surface area (Å²) in [6, 6.07) is 0.316. The maximum Gasteiger partial charge on any atom is 0.231 e. The maximum absolute atomic E-state index is 5.30. The minimum absolute atomic E-state index is 0.0749. The monoisotopic (exact) mass is 241 g/mol. The van der Waals surface area contributed by atoms with Gasteiger partial charge in [0, 0.05) is 13.2 Å². The van der Waals surface area contributed by atoms with Gasteiger partial charge in [0.15, 0.2) is 0 Å². The smallest absolute Gasteiger partial charge is 0.231 e. The number of methoxy groups -OCH3 is 1. The first-order valence-corrected chi connectivity index (χ1v) is 6.23. The zero-order valence-corrected chi connectivity index (χ0v) is 11.4. The Labute approximate surface area is 103 Å². The number of likely N-dealkylation sites (N-methyl/N-ethyl adjacent to an activating group) is 1. The first-order valence-electron chi connectivity index (χ1n) is 6.23. The summed E-state index contributed by atoms with van der Waals surface area (Å²) in [6.07, 6.45) is 0.765. The van der Waals surface area contributed by atoms with Crippen molar-refractivity contribution in [2.45, 2.75) is 52.2 Å². The van der Waals surface area contributed by atoms with Gasteiger partial charge in [-0.2, -0.15) is 4.98 Å². The molecule has 0 aromatic carbocycles. The second kappa shape index (κ2) is 6.71. The molecule has 1 aromatic rings. The van der Waals surface area contributed by atoms with Crippen molar-refractivity contribution in [2.24, 2.45) is 0 Å². The minimum Gasteiger partial charge on any atom is -0.373 e. The van der Waals surface area contributed by atoms with E-state index in [9.17, 15) is 0 Å². The Bertz CT molecular complexity index is 323. The van der Waals surface area contributed by atoms with Gasteiger partial charge in [0.2, 0.25) is 11.7 Å². The Kier molecular flexibility index (Phi) is 5.58. The highest BCUT2D eigenvalue weighted by atomic mass is 16.5. The molecule has 1 heterocycles. The van der Waals surface area contributed by atoms with Crippen molar-refractivity contribution in [3.05, 3.63) is 11.7 Å². The third-order valence-corrected chi connectivity index (χ3v) is 3.07. The van der Waals surface area contributed by atoms with E-state index in [0.717, 1.165) is 13.0 Å². The molecular weight excluding hydrogens is 218 g/mol. The number of aromatic nitrogens is 2. The predicted molar refractivity (Wildman–Crippen MR) is 65.9 cm³/mol. The lowest BCUT2D eigenvalue weighted by Gasteiger charge is -2.16. The third kappa shape index (κ3) is 3.51. The van der Waals surface area contributed by atoms with Gasteiger partial charge in [-0.1, -0.05) is 25.9 Å². The summed E-state index contributed by atoms with van der Waals surface area (Å²) in [4.78, 5) is 4.41. The molecule has 1 N–H and O–H groups in total. The summed E-state index contributed by atoms with van der Waals surface area (Å²) in [5.74, 6) is 1.51. The Morgan fingerprint density at radius 1 is 1.35 bits per heavy atom. The van der Waals surface area contributed by atoms with Crippen LogP contribution in [-0.2, 0) is 4.74 Å². The summed E-state index contributed by atoms with van der Waals surface area (Å²) < 4.78 is 10.6. The van der Waals surface area contributed by atoms with Crippen LogP contribution in [0.4, 0.5) is 0 Å². The normalized spacial score (nSPS) is 16.8. The van der Waals surface area contributed by atoms with E-state index in [1.165, 1.54) is 0 Å². The van der Waals surface area contributed by atoms with E-state index in [1.54, 1.807) is 7.11 Å². The zero-order chi connectivity index (χ0) is 12.8. The molecular formula is C12H23N3O2. The Morgan fingerprint density at radius 3 is 2.59 bits per heavy atom. The summed E-state index contributed by atoms with van der Waals surface area (Å²) in [5, 5.41) is 7.33. The Balaban J connectivity index is 2.73. The fourth-order valence-corrected chi connectivity index (χ4v) is 1.73. The summed E-state index contributed by atoms with van der Waals surface area (Å²) >= 11 is 0. The standard InChI is InChI=1S/C12H23N3O2/c1-6-10(16-5)11-14-12(17-15-11)8(3)9(4)13-7-2/h8-10,13H,6-7H2,1-5H3. The van der Waals surface area contributed by atoms with Gasteiger partial charge in [-0.15, -0.1) is 0 Å². The number of hydrogen-bond acceptors (Lipinski definition) is 5. The molecule has 3 atom stereocenters. The highest BCUT2D eigenvalue weighted by molar-refractivity contribution is 4.98. The molecule has 0 amide bonds. The summed E-state index contributed by atoms with van der Waals surface area (Å²) in [7, 11) is 1.66. The van der Waals surface area contributed by atoms with Gasteiger partial charge in [-0.3, -0.25) is 0 Å². The topological polar surface area (TPSA) is 60.2 Å². The molecule has 0 saturated heterocycles. The Hall–Kier alpha value is -0.940. The van der Waals surface area contributed by atoms with E-state index in [-0.39, 0.29) is 12.0 Å². The average molecular weight is 241 g/mol. The highest BCUT2D eigenvalue weighted by Crippen LogP contribution is 2.21. The summed E-state index contributed by atoms with van der Waals surface area (Å²) in [6.45, 7) is 9.25. The van der Waals surface area contributed by atoms with Crippen LogP contribution in [0, 0.1) is 0 Å². The van der Waals surface area contributed by atoms with Crippen molar-refractivity contribution < 1.29 is 9.26 Å². The molecule has 98 valence electrons. The number of hydrogen-bond donors (Lipinski definition) is 1. The van der Waals surface area contributed by atoms with Gasteiger partial charge in [0.1, 0.15) is 6.10 Å². The van der Waals surface area contributed by atoms with Crippen LogP contribution in [0.25, 0.3) is 0 Å². The van der Waals surface area contributed by atoms with Crippen LogP contribution in [0.3, 0.4) is 0 Å². The number of nitrogens with one attached hydrogen (secondary N) is 1. The highest BCUT2D eigenvalue weighted by Gasteiger charge is 2.22. The van der Waals surface area contributed by atoms with Crippen molar-refractivity contribution in [2.75, 3.05) is 13.7 Å². The van der Waals surface area contributed by atoms with E-state index in [4.69, 9.17) is 9.26 Å². The molecule has 0 aliphatic rings. The lowest BCUT2D eigenvalue weighted by molar-refractivity contribution is 0.0903. The van der Waals surface area contributed by atoms with Crippen molar-refractivity contribution in [3.63, 3.8) is 0 Å². The van der Waals surface area contributed by atoms with E-state index in [1.807, 2.05) is 6.92 Å². The predicted octanol–water partition coefficient (Wildman–Crippen LogP) is 2.27. The van der Waals surface area contributed by atoms with Crippen molar-refractivity contribution >= 4 is 0 Å². The van der Waals surface area contributed by atoms with Crippen LogP contribution in [0.5, 0.6) is 0 Å². The van der Waals surface area contributed by atoms with Crippen LogP contribution in [0.1, 0.15) is 57.9 Å². The van der Waals surface area contributed by atoms with Crippen molar-refractivity contribution in [1.82, 2.24) is 15.5 Å². The average Bonchev–Trinajstić information content (AvgIpc) is 2.79. The van der Waals surface area contributed by atoms with Crippen LogP contribution in [0.15, 0.2) is 4.52 Å². The quantitative estimate of drug-likeness (QED) is 0.793. The van der Waals surface area contributed by atoms with Gasteiger partial charge < -0.3 is 14.6 Å². The maximum atomic E-state index is 5.30. The molecule has 1 rings (SSSR count). The van der Waals surface area contributed by atoms with Crippen LogP contribution in [-0.4, -0.2) is 29.8 Å². The largest absolute Gasteiger partial charge is 0.373 e. The van der Waals surface area contributed by atoms with Gasteiger partial charge in [-0.25, -0.2) is 0 Å². The molecule has 5 heteroatoms. The zero-order valence-electron chi connectivity index (χ0n) is 11.4. The molecule has 0 spiro atoms.